The zero-order valence-corrected chi connectivity index (χ0v) is 16.1. The molecule has 6 nitrogen and oxygen atoms in total. The molecule has 146 valence electrons. The topological polar surface area (TPSA) is 66.4 Å². The lowest BCUT2D eigenvalue weighted by molar-refractivity contribution is -0.129. The van der Waals surface area contributed by atoms with Crippen LogP contribution in [0, 0.1) is 12.7 Å². The summed E-state index contributed by atoms with van der Waals surface area (Å²) >= 11 is 0. The number of likely N-dealkylation sites (tertiary alicyclic amines) is 1. The zero-order chi connectivity index (χ0) is 19.8. The largest absolute Gasteiger partial charge is 0.333 e. The Morgan fingerprint density at radius 1 is 1.21 bits per heavy atom. The molecule has 7 heteroatoms. The quantitative estimate of drug-likeness (QED) is 0.818. The Balaban J connectivity index is 1.72. The predicted octanol–water partition coefficient (Wildman–Crippen LogP) is 3.09. The Hall–Kier alpha value is -2.83. The van der Waals surface area contributed by atoms with Gasteiger partial charge in [0.05, 0.1) is 12.6 Å². The fourth-order valence-corrected chi connectivity index (χ4v) is 4.10. The summed E-state index contributed by atoms with van der Waals surface area (Å²) in [5, 5.41) is 0. The van der Waals surface area contributed by atoms with Crippen molar-refractivity contribution in [3.8, 4) is 0 Å². The number of anilines is 1. The number of nitrogens with zero attached hydrogens (tertiary/aromatic N) is 4. The fourth-order valence-electron chi connectivity index (χ4n) is 4.10. The second-order valence-electron chi connectivity index (χ2n) is 7.45. The monoisotopic (exact) mass is 382 g/mol. The van der Waals surface area contributed by atoms with Crippen LogP contribution in [-0.4, -0.2) is 33.2 Å². The highest BCUT2D eigenvalue weighted by Crippen LogP contribution is 2.35. The molecule has 0 bridgehead atoms. The number of aryl methyl sites for hydroxylation is 1. The van der Waals surface area contributed by atoms with E-state index in [0.29, 0.717) is 37.6 Å². The summed E-state index contributed by atoms with van der Waals surface area (Å²) in [4.78, 5) is 37.5. The van der Waals surface area contributed by atoms with Crippen molar-refractivity contribution in [3.05, 3.63) is 52.7 Å². The number of halogens is 1. The summed E-state index contributed by atoms with van der Waals surface area (Å²) in [6, 6.07) is 6.00. The van der Waals surface area contributed by atoms with Crippen LogP contribution in [0.15, 0.2) is 24.3 Å². The molecule has 1 atom stereocenters. The lowest BCUT2D eigenvalue weighted by Crippen LogP contribution is -2.37. The summed E-state index contributed by atoms with van der Waals surface area (Å²) in [6.07, 6.45) is 2.76. The van der Waals surface area contributed by atoms with Crippen LogP contribution in [0.2, 0.25) is 0 Å². The van der Waals surface area contributed by atoms with Crippen molar-refractivity contribution >= 4 is 17.6 Å². The van der Waals surface area contributed by atoms with Gasteiger partial charge >= 0.3 is 0 Å². The van der Waals surface area contributed by atoms with Crippen LogP contribution in [0.25, 0.3) is 0 Å². The van der Waals surface area contributed by atoms with Crippen molar-refractivity contribution < 1.29 is 14.0 Å². The van der Waals surface area contributed by atoms with E-state index in [1.165, 1.54) is 12.1 Å². The van der Waals surface area contributed by atoms with Crippen LogP contribution >= 0.6 is 0 Å². The van der Waals surface area contributed by atoms with Crippen molar-refractivity contribution in [2.45, 2.75) is 52.1 Å². The molecule has 0 aliphatic carbocycles. The van der Waals surface area contributed by atoms with E-state index in [-0.39, 0.29) is 23.7 Å². The van der Waals surface area contributed by atoms with Crippen LogP contribution in [0.1, 0.15) is 54.9 Å². The summed E-state index contributed by atoms with van der Waals surface area (Å²) in [6.45, 7) is 4.54. The number of benzene rings is 1. The van der Waals surface area contributed by atoms with Crippen LogP contribution < -0.4 is 4.90 Å². The smallest absolute Gasteiger partial charge is 0.228 e. The van der Waals surface area contributed by atoms with E-state index in [0.717, 1.165) is 29.7 Å². The van der Waals surface area contributed by atoms with E-state index < -0.39 is 0 Å². The zero-order valence-electron chi connectivity index (χ0n) is 16.1. The second kappa shape index (κ2) is 7.30. The first kappa shape index (κ1) is 18.5. The molecule has 1 saturated heterocycles. The van der Waals surface area contributed by atoms with Gasteiger partial charge in [0.2, 0.25) is 11.8 Å². The Morgan fingerprint density at radius 2 is 1.96 bits per heavy atom. The van der Waals surface area contributed by atoms with E-state index in [9.17, 15) is 14.0 Å². The molecule has 28 heavy (non-hydrogen) atoms. The third-order valence-corrected chi connectivity index (χ3v) is 5.56. The highest BCUT2D eigenvalue weighted by Gasteiger charge is 2.34. The Kier molecular flexibility index (Phi) is 4.83. The average molecular weight is 382 g/mol. The third-order valence-electron chi connectivity index (χ3n) is 5.56. The average Bonchev–Trinajstić information content (AvgIpc) is 3.16. The molecule has 0 N–H and O–H groups in total. The van der Waals surface area contributed by atoms with Crippen molar-refractivity contribution in [2.24, 2.45) is 0 Å². The number of aromatic nitrogens is 2. The fraction of sp³-hybridized carbons (Fsp3) is 0.429. The number of rotatable bonds is 3. The van der Waals surface area contributed by atoms with Crippen LogP contribution in [0.5, 0.6) is 0 Å². The maximum Gasteiger partial charge on any atom is 0.228 e. The lowest BCUT2D eigenvalue weighted by atomic mass is 10.0. The van der Waals surface area contributed by atoms with Crippen LogP contribution in [0.4, 0.5) is 10.2 Å². The first-order valence-corrected chi connectivity index (χ1v) is 9.63. The summed E-state index contributed by atoms with van der Waals surface area (Å²) < 4.78 is 13.2. The van der Waals surface area contributed by atoms with Gasteiger partial charge in [0.25, 0.3) is 0 Å². The molecular weight excluding hydrogens is 359 g/mol. The molecule has 2 aliphatic heterocycles. The van der Waals surface area contributed by atoms with Gasteiger partial charge in [-0.3, -0.25) is 14.5 Å². The Morgan fingerprint density at radius 3 is 2.68 bits per heavy atom. The lowest BCUT2D eigenvalue weighted by Gasteiger charge is -2.31. The SMILES string of the molecule is CC(=O)N1CCC[C@H]1c1nc(C)c2c(n1)N(Cc1ccc(F)cc1)C(=O)CC2. The molecule has 0 unspecified atom stereocenters. The van der Waals surface area contributed by atoms with Crippen LogP contribution in [-0.2, 0) is 22.6 Å². The van der Waals surface area contributed by atoms with Crippen LogP contribution in [0.3, 0.4) is 0 Å². The molecule has 1 aromatic carbocycles. The first-order valence-electron chi connectivity index (χ1n) is 9.63. The molecule has 1 aromatic heterocycles. The Bertz CT molecular complexity index is 929. The number of carbonyl (C=O) groups excluding carboxylic acids is 2. The first-order chi connectivity index (χ1) is 13.4. The number of hydrogen-bond donors (Lipinski definition) is 0. The summed E-state index contributed by atoms with van der Waals surface area (Å²) in [5.41, 5.74) is 2.66. The second-order valence-corrected chi connectivity index (χ2v) is 7.45. The molecule has 2 aromatic rings. The molecule has 0 spiro atoms. The minimum absolute atomic E-state index is 0.00396. The van der Waals surface area contributed by atoms with E-state index in [2.05, 4.69) is 4.98 Å². The van der Waals surface area contributed by atoms with Crippen molar-refractivity contribution in [1.82, 2.24) is 14.9 Å². The van der Waals surface area contributed by atoms with Gasteiger partial charge in [-0.2, -0.15) is 0 Å². The molecule has 3 heterocycles. The van der Waals surface area contributed by atoms with E-state index in [1.54, 1.807) is 28.9 Å². The third kappa shape index (κ3) is 3.37. The Labute approximate surface area is 163 Å². The number of fused-ring (bicyclic) bond motifs is 1. The maximum atomic E-state index is 13.2. The molecule has 1 fully saturated rings. The minimum Gasteiger partial charge on any atom is -0.333 e. The van der Waals surface area contributed by atoms with Gasteiger partial charge in [-0.1, -0.05) is 12.1 Å². The maximum absolute atomic E-state index is 13.2. The van der Waals surface area contributed by atoms with Gasteiger partial charge in [-0.25, -0.2) is 14.4 Å². The van der Waals surface area contributed by atoms with Gasteiger partial charge in [0, 0.05) is 31.1 Å². The molecule has 2 amide bonds. The number of amides is 2. The predicted molar refractivity (Wildman–Crippen MR) is 102 cm³/mol. The molecule has 0 saturated carbocycles. The molecule has 2 aliphatic rings. The van der Waals surface area contributed by atoms with Gasteiger partial charge < -0.3 is 4.90 Å². The highest BCUT2D eigenvalue weighted by atomic mass is 19.1. The van der Waals surface area contributed by atoms with E-state index >= 15 is 0 Å². The number of carbonyl (C=O) groups is 2. The minimum atomic E-state index is -0.305. The van der Waals surface area contributed by atoms with Crippen molar-refractivity contribution in [3.63, 3.8) is 0 Å². The molecule has 0 radical (unpaired) electrons. The summed E-state index contributed by atoms with van der Waals surface area (Å²) in [5.74, 6) is 0.929. The molecular formula is C21H23FN4O2. The van der Waals surface area contributed by atoms with E-state index in [1.807, 2.05) is 6.92 Å². The van der Waals surface area contributed by atoms with Gasteiger partial charge in [-0.05, 0) is 43.9 Å². The number of hydrogen-bond acceptors (Lipinski definition) is 4. The van der Waals surface area contributed by atoms with E-state index in [4.69, 9.17) is 4.98 Å². The highest BCUT2D eigenvalue weighted by molar-refractivity contribution is 5.95. The van der Waals surface area contributed by atoms with Gasteiger partial charge in [0.15, 0.2) is 5.82 Å². The van der Waals surface area contributed by atoms with Crippen molar-refractivity contribution in [2.75, 3.05) is 11.4 Å². The van der Waals surface area contributed by atoms with Crippen molar-refractivity contribution in [1.29, 1.82) is 0 Å². The van der Waals surface area contributed by atoms with Gasteiger partial charge in [0.1, 0.15) is 11.6 Å². The summed E-state index contributed by atoms with van der Waals surface area (Å²) in [7, 11) is 0. The van der Waals surface area contributed by atoms with Gasteiger partial charge in [-0.15, -0.1) is 0 Å². The standard InChI is InChI=1S/C21H23FN4O2/c1-13-17-9-10-19(28)26(12-15-5-7-16(22)8-6-15)21(17)24-20(23-13)18-4-3-11-25(18)14(2)27/h5-8,18H,3-4,9-12H2,1-2H3/t18-/m0/s1. The normalized spacial score (nSPS) is 19.1. The molecule has 4 rings (SSSR count).